The first kappa shape index (κ1) is 21.7. The Balaban J connectivity index is 1.29. The summed E-state index contributed by atoms with van der Waals surface area (Å²) in [7, 11) is 0. The maximum absolute atomic E-state index is 13.6. The van der Waals surface area contributed by atoms with Gasteiger partial charge in [0.05, 0.1) is 6.20 Å². The average Bonchev–Trinajstić information content (AvgIpc) is 3.36. The zero-order valence-corrected chi connectivity index (χ0v) is 18.7. The molecule has 1 saturated heterocycles. The molecule has 172 valence electrons. The molecule has 4 aromatic rings. The van der Waals surface area contributed by atoms with Gasteiger partial charge in [-0.1, -0.05) is 36.4 Å². The summed E-state index contributed by atoms with van der Waals surface area (Å²) in [6.07, 6.45) is 6.72. The van der Waals surface area contributed by atoms with E-state index in [1.807, 2.05) is 65.7 Å². The lowest BCUT2D eigenvalue weighted by molar-refractivity contribution is -0.135. The van der Waals surface area contributed by atoms with E-state index < -0.39 is 6.04 Å². The van der Waals surface area contributed by atoms with Crippen LogP contribution in [-0.2, 0) is 4.79 Å². The number of fused-ring (bicyclic) bond motifs is 1. The lowest BCUT2D eigenvalue weighted by atomic mass is 10.0. The number of pyridine rings is 1. The van der Waals surface area contributed by atoms with Crippen LogP contribution >= 0.6 is 0 Å². The first-order chi connectivity index (χ1) is 16.7. The standard InChI is InChI=1S/C27H26N4O3/c32-26(21-9-8-19-10-14-29-24(19)17-21)30-25(20-5-2-1-3-6-20)27(33)31-15-11-22(12-16-31)34-23-7-4-13-28-18-23/h1-10,13-14,17-18,22,25,29H,11-12,15-16H2,(H,30,32)/t25-/m1/s1. The number of amides is 2. The topological polar surface area (TPSA) is 87.3 Å². The molecular formula is C27H26N4O3. The highest BCUT2D eigenvalue weighted by Gasteiger charge is 2.31. The van der Waals surface area contributed by atoms with Gasteiger partial charge in [-0.15, -0.1) is 0 Å². The normalized spacial score (nSPS) is 15.1. The number of benzene rings is 2. The molecule has 0 radical (unpaired) electrons. The minimum atomic E-state index is -0.760. The number of aromatic nitrogens is 2. The lowest BCUT2D eigenvalue weighted by Gasteiger charge is -2.34. The SMILES string of the molecule is O=C(N[C@@H](C(=O)N1CCC(Oc2cccnc2)CC1)c1ccccc1)c1ccc2cc[nH]c2c1. The van der Waals surface area contributed by atoms with Crippen molar-refractivity contribution in [1.29, 1.82) is 0 Å². The largest absolute Gasteiger partial charge is 0.489 e. The molecule has 7 nitrogen and oxygen atoms in total. The Bertz CT molecular complexity index is 1260. The van der Waals surface area contributed by atoms with Crippen LogP contribution in [0.5, 0.6) is 5.75 Å². The molecule has 0 spiro atoms. The van der Waals surface area contributed by atoms with Crippen molar-refractivity contribution < 1.29 is 14.3 Å². The highest BCUT2D eigenvalue weighted by Crippen LogP contribution is 2.23. The molecule has 0 bridgehead atoms. The Kier molecular flexibility index (Phi) is 6.25. The van der Waals surface area contributed by atoms with Crippen LogP contribution in [0.4, 0.5) is 0 Å². The highest BCUT2D eigenvalue weighted by molar-refractivity contribution is 6.00. The van der Waals surface area contributed by atoms with Gasteiger partial charge in [0.1, 0.15) is 17.9 Å². The van der Waals surface area contributed by atoms with E-state index in [0.717, 1.165) is 35.1 Å². The van der Waals surface area contributed by atoms with Crippen molar-refractivity contribution >= 4 is 22.7 Å². The van der Waals surface area contributed by atoms with Gasteiger partial charge in [-0.2, -0.15) is 0 Å². The minimum absolute atomic E-state index is 0.0329. The van der Waals surface area contributed by atoms with E-state index in [4.69, 9.17) is 4.74 Å². The van der Waals surface area contributed by atoms with Crippen LogP contribution in [-0.4, -0.2) is 45.9 Å². The molecule has 0 aliphatic carbocycles. The molecular weight excluding hydrogens is 428 g/mol. The first-order valence-electron chi connectivity index (χ1n) is 11.5. The molecule has 2 aromatic carbocycles. The van der Waals surface area contributed by atoms with Crippen LogP contribution in [0.2, 0.25) is 0 Å². The molecule has 1 aliphatic heterocycles. The van der Waals surface area contributed by atoms with E-state index in [2.05, 4.69) is 15.3 Å². The molecule has 7 heteroatoms. The van der Waals surface area contributed by atoms with Crippen molar-refractivity contribution in [2.24, 2.45) is 0 Å². The minimum Gasteiger partial charge on any atom is -0.489 e. The fourth-order valence-electron chi connectivity index (χ4n) is 4.32. The summed E-state index contributed by atoms with van der Waals surface area (Å²) in [5.74, 6) is 0.342. The van der Waals surface area contributed by atoms with Gasteiger partial charge in [-0.05, 0) is 41.3 Å². The number of ether oxygens (including phenoxy) is 1. The number of piperidine rings is 1. The number of likely N-dealkylation sites (tertiary alicyclic amines) is 1. The van der Waals surface area contributed by atoms with Crippen LogP contribution in [0, 0.1) is 0 Å². The monoisotopic (exact) mass is 454 g/mol. The van der Waals surface area contributed by atoms with Gasteiger partial charge in [0, 0.05) is 49.4 Å². The first-order valence-corrected chi connectivity index (χ1v) is 11.5. The molecule has 2 amide bonds. The van der Waals surface area contributed by atoms with Crippen LogP contribution in [0.25, 0.3) is 10.9 Å². The smallest absolute Gasteiger partial charge is 0.252 e. The molecule has 1 atom stereocenters. The number of carbonyl (C=O) groups is 2. The van der Waals surface area contributed by atoms with Crippen LogP contribution in [0.15, 0.2) is 85.3 Å². The van der Waals surface area contributed by atoms with E-state index in [-0.39, 0.29) is 17.9 Å². The lowest BCUT2D eigenvalue weighted by Crippen LogP contribution is -2.47. The number of H-pyrrole nitrogens is 1. The van der Waals surface area contributed by atoms with Crippen LogP contribution in [0.3, 0.4) is 0 Å². The molecule has 2 N–H and O–H groups in total. The summed E-state index contributed by atoms with van der Waals surface area (Å²) < 4.78 is 6.01. The van der Waals surface area contributed by atoms with E-state index in [1.54, 1.807) is 24.5 Å². The number of hydrogen-bond donors (Lipinski definition) is 2. The quantitative estimate of drug-likeness (QED) is 0.459. The zero-order chi connectivity index (χ0) is 23.3. The molecule has 0 unspecified atom stereocenters. The maximum Gasteiger partial charge on any atom is 0.252 e. The fraction of sp³-hybridized carbons (Fsp3) is 0.222. The number of carbonyl (C=O) groups excluding carboxylic acids is 2. The maximum atomic E-state index is 13.6. The highest BCUT2D eigenvalue weighted by atomic mass is 16.5. The third-order valence-electron chi connectivity index (χ3n) is 6.16. The van der Waals surface area contributed by atoms with Crippen molar-refractivity contribution in [3.05, 3.63) is 96.4 Å². The Hall–Kier alpha value is -4.13. The van der Waals surface area contributed by atoms with E-state index in [0.29, 0.717) is 18.7 Å². The predicted molar refractivity (Wildman–Crippen MR) is 129 cm³/mol. The molecule has 34 heavy (non-hydrogen) atoms. The molecule has 1 aliphatic rings. The Morgan fingerprint density at radius 1 is 1.03 bits per heavy atom. The summed E-state index contributed by atoms with van der Waals surface area (Å²) >= 11 is 0. The van der Waals surface area contributed by atoms with Crippen molar-refractivity contribution in [2.45, 2.75) is 25.0 Å². The summed E-state index contributed by atoms with van der Waals surface area (Å²) in [5, 5.41) is 4.00. The zero-order valence-electron chi connectivity index (χ0n) is 18.7. The predicted octanol–water partition coefficient (Wildman–Crippen LogP) is 4.10. The van der Waals surface area contributed by atoms with Gasteiger partial charge >= 0.3 is 0 Å². The summed E-state index contributed by atoms with van der Waals surface area (Å²) in [6, 6.07) is 19.8. The number of nitrogens with zero attached hydrogens (tertiary/aromatic N) is 2. The Morgan fingerprint density at radius 2 is 1.85 bits per heavy atom. The summed E-state index contributed by atoms with van der Waals surface area (Å²) in [4.78, 5) is 35.7. The van der Waals surface area contributed by atoms with E-state index in [1.165, 1.54) is 0 Å². The number of rotatable bonds is 6. The third kappa shape index (κ3) is 4.78. The van der Waals surface area contributed by atoms with Gasteiger partial charge in [-0.25, -0.2) is 0 Å². The van der Waals surface area contributed by atoms with E-state index in [9.17, 15) is 9.59 Å². The van der Waals surface area contributed by atoms with Gasteiger partial charge in [0.2, 0.25) is 5.91 Å². The van der Waals surface area contributed by atoms with Gasteiger partial charge in [0.25, 0.3) is 5.91 Å². The molecule has 1 fully saturated rings. The second-order valence-electron chi connectivity index (χ2n) is 8.43. The summed E-state index contributed by atoms with van der Waals surface area (Å²) in [6.45, 7) is 1.13. The van der Waals surface area contributed by atoms with Crippen LogP contribution in [0.1, 0.15) is 34.8 Å². The molecule has 3 heterocycles. The second kappa shape index (κ2) is 9.79. The van der Waals surface area contributed by atoms with Gasteiger partial charge in [0.15, 0.2) is 0 Å². The van der Waals surface area contributed by atoms with Crippen molar-refractivity contribution in [3.8, 4) is 5.75 Å². The molecule has 0 saturated carbocycles. The Labute approximate surface area is 197 Å². The van der Waals surface area contributed by atoms with Crippen LogP contribution < -0.4 is 10.1 Å². The number of hydrogen-bond acceptors (Lipinski definition) is 4. The summed E-state index contributed by atoms with van der Waals surface area (Å²) in [5.41, 5.74) is 2.15. The van der Waals surface area contributed by atoms with Gasteiger partial charge in [-0.3, -0.25) is 14.6 Å². The Morgan fingerprint density at radius 3 is 2.62 bits per heavy atom. The number of nitrogens with one attached hydrogen (secondary N) is 2. The molecule has 5 rings (SSSR count). The molecule has 2 aromatic heterocycles. The van der Waals surface area contributed by atoms with Gasteiger partial charge < -0.3 is 19.9 Å². The van der Waals surface area contributed by atoms with Crippen molar-refractivity contribution in [3.63, 3.8) is 0 Å². The second-order valence-corrected chi connectivity index (χ2v) is 8.43. The van der Waals surface area contributed by atoms with Crippen molar-refractivity contribution in [2.75, 3.05) is 13.1 Å². The fourth-order valence-corrected chi connectivity index (χ4v) is 4.32. The average molecular weight is 455 g/mol. The van der Waals surface area contributed by atoms with E-state index >= 15 is 0 Å². The van der Waals surface area contributed by atoms with Crippen molar-refractivity contribution in [1.82, 2.24) is 20.2 Å². The third-order valence-corrected chi connectivity index (χ3v) is 6.16. The number of aromatic amines is 1.